The van der Waals surface area contributed by atoms with Gasteiger partial charge in [0.2, 0.25) is 5.91 Å². The average Bonchev–Trinajstić information content (AvgIpc) is 2.89. The van der Waals surface area contributed by atoms with Gasteiger partial charge < -0.3 is 9.84 Å². The van der Waals surface area contributed by atoms with Crippen molar-refractivity contribution >= 4 is 29.6 Å². The number of thioether (sulfide) groups is 1. The van der Waals surface area contributed by atoms with E-state index in [2.05, 4.69) is 34.8 Å². The van der Waals surface area contributed by atoms with Crippen LogP contribution in [-0.2, 0) is 4.79 Å². The van der Waals surface area contributed by atoms with E-state index >= 15 is 0 Å². The zero-order valence-electron chi connectivity index (χ0n) is 11.9. The minimum Gasteiger partial charge on any atom is -0.360 e. The van der Waals surface area contributed by atoms with Crippen LogP contribution in [0.1, 0.15) is 17.7 Å². The van der Waals surface area contributed by atoms with Gasteiger partial charge >= 0.3 is 0 Å². The Labute approximate surface area is 128 Å². The number of aryl methyl sites for hydroxylation is 1. The Bertz CT molecular complexity index is 593. The van der Waals surface area contributed by atoms with Gasteiger partial charge in [-0.05, 0) is 12.5 Å². The van der Waals surface area contributed by atoms with Crippen LogP contribution in [0.5, 0.6) is 0 Å². The summed E-state index contributed by atoms with van der Waals surface area (Å²) >= 11 is 1.73. The third-order valence-electron chi connectivity index (χ3n) is 2.69. The highest BCUT2D eigenvalue weighted by Crippen LogP contribution is 2.09. The summed E-state index contributed by atoms with van der Waals surface area (Å²) in [5.41, 5.74) is 1.19. The summed E-state index contributed by atoms with van der Waals surface area (Å²) in [6.07, 6.45) is 4.67. The van der Waals surface area contributed by atoms with Gasteiger partial charge in [-0.1, -0.05) is 47.6 Å². The number of hydrogen-bond donors (Lipinski definition) is 1. The van der Waals surface area contributed by atoms with Crippen molar-refractivity contribution in [3.05, 3.63) is 53.8 Å². The molecule has 5 heteroatoms. The topological polar surface area (TPSA) is 55.1 Å². The summed E-state index contributed by atoms with van der Waals surface area (Å²) < 4.78 is 4.89. The predicted molar refractivity (Wildman–Crippen MR) is 87.3 cm³/mol. The highest BCUT2D eigenvalue weighted by Gasteiger charge is 2.05. The van der Waals surface area contributed by atoms with Crippen molar-refractivity contribution in [3.63, 3.8) is 0 Å². The molecule has 0 saturated heterocycles. The molecule has 0 atom stereocenters. The first-order valence-corrected chi connectivity index (χ1v) is 7.92. The molecule has 0 spiro atoms. The quantitative estimate of drug-likeness (QED) is 0.791. The third kappa shape index (κ3) is 5.87. The van der Waals surface area contributed by atoms with Crippen molar-refractivity contribution in [2.45, 2.75) is 13.3 Å². The van der Waals surface area contributed by atoms with Crippen LogP contribution in [0.4, 0.5) is 5.82 Å². The van der Waals surface area contributed by atoms with E-state index in [0.29, 0.717) is 18.0 Å². The molecule has 0 bridgehead atoms. The third-order valence-corrected chi connectivity index (χ3v) is 3.61. The smallest absolute Gasteiger partial charge is 0.226 e. The molecular weight excluding hydrogens is 284 g/mol. The van der Waals surface area contributed by atoms with Crippen LogP contribution in [-0.4, -0.2) is 22.6 Å². The number of amides is 1. The van der Waals surface area contributed by atoms with Gasteiger partial charge in [-0.25, -0.2) is 0 Å². The fourth-order valence-corrected chi connectivity index (χ4v) is 2.42. The Hall–Kier alpha value is -2.01. The second-order valence-corrected chi connectivity index (χ2v) is 5.66. The molecule has 1 aromatic heterocycles. The lowest BCUT2D eigenvalue weighted by molar-refractivity contribution is -0.115. The second kappa shape index (κ2) is 8.32. The highest BCUT2D eigenvalue weighted by molar-refractivity contribution is 7.99. The Morgan fingerprint density at radius 3 is 2.90 bits per heavy atom. The maximum atomic E-state index is 11.7. The summed E-state index contributed by atoms with van der Waals surface area (Å²) in [6.45, 7) is 1.79. The van der Waals surface area contributed by atoms with E-state index in [4.69, 9.17) is 4.52 Å². The Balaban J connectivity index is 1.59. The lowest BCUT2D eigenvalue weighted by Gasteiger charge is -2.00. The largest absolute Gasteiger partial charge is 0.360 e. The maximum absolute atomic E-state index is 11.7. The zero-order chi connectivity index (χ0) is 14.9. The van der Waals surface area contributed by atoms with Gasteiger partial charge in [-0.15, -0.1) is 0 Å². The monoisotopic (exact) mass is 302 g/mol. The number of nitrogens with zero attached hydrogens (tertiary/aromatic N) is 1. The summed E-state index contributed by atoms with van der Waals surface area (Å²) in [7, 11) is 0. The van der Waals surface area contributed by atoms with Crippen LogP contribution in [0.3, 0.4) is 0 Å². The van der Waals surface area contributed by atoms with Crippen molar-refractivity contribution < 1.29 is 9.32 Å². The minimum atomic E-state index is -0.0390. The van der Waals surface area contributed by atoms with Gasteiger partial charge in [-0.2, -0.15) is 11.8 Å². The summed E-state index contributed by atoms with van der Waals surface area (Å²) in [4.78, 5) is 11.7. The van der Waals surface area contributed by atoms with Crippen molar-refractivity contribution in [2.75, 3.05) is 16.8 Å². The normalized spacial score (nSPS) is 10.9. The highest BCUT2D eigenvalue weighted by atomic mass is 32.2. The molecule has 0 saturated carbocycles. The summed E-state index contributed by atoms with van der Waals surface area (Å²) in [6, 6.07) is 11.9. The molecule has 1 heterocycles. The number of hydrogen-bond acceptors (Lipinski definition) is 4. The van der Waals surface area contributed by atoms with Crippen molar-refractivity contribution in [1.82, 2.24) is 5.16 Å². The average molecular weight is 302 g/mol. The number of carbonyl (C=O) groups is 1. The van der Waals surface area contributed by atoms with Crippen LogP contribution in [0.2, 0.25) is 0 Å². The number of rotatable bonds is 7. The zero-order valence-corrected chi connectivity index (χ0v) is 12.7. The van der Waals surface area contributed by atoms with E-state index in [1.54, 1.807) is 24.8 Å². The van der Waals surface area contributed by atoms with E-state index in [1.807, 2.05) is 18.2 Å². The van der Waals surface area contributed by atoms with Gasteiger partial charge in [0.1, 0.15) is 5.76 Å². The first-order chi connectivity index (χ1) is 10.2. The molecule has 4 nitrogen and oxygen atoms in total. The molecule has 1 amide bonds. The first-order valence-electron chi connectivity index (χ1n) is 6.76. The van der Waals surface area contributed by atoms with Gasteiger partial charge in [0.25, 0.3) is 0 Å². The van der Waals surface area contributed by atoms with Crippen LogP contribution in [0, 0.1) is 6.92 Å². The number of benzene rings is 1. The van der Waals surface area contributed by atoms with Gasteiger partial charge in [0.05, 0.1) is 0 Å². The SMILES string of the molecule is Cc1cc(NC(=O)CCSC/C=C/c2ccccc2)no1. The molecule has 110 valence electrons. The first kappa shape index (κ1) is 15.4. The molecule has 0 radical (unpaired) electrons. The molecule has 2 aromatic rings. The molecule has 2 rings (SSSR count). The second-order valence-electron chi connectivity index (χ2n) is 4.51. The van der Waals surface area contributed by atoms with E-state index in [-0.39, 0.29) is 5.91 Å². The standard InChI is InChI=1S/C16H18N2O2S/c1-13-12-15(18-20-13)17-16(19)9-11-21-10-5-8-14-6-3-2-4-7-14/h2-8,12H,9-11H2,1H3,(H,17,18,19)/b8-5+. The lowest BCUT2D eigenvalue weighted by atomic mass is 10.2. The van der Waals surface area contributed by atoms with E-state index < -0.39 is 0 Å². The predicted octanol–water partition coefficient (Wildman–Crippen LogP) is 3.76. The van der Waals surface area contributed by atoms with Crippen LogP contribution in [0.15, 0.2) is 47.0 Å². The van der Waals surface area contributed by atoms with Crippen molar-refractivity contribution in [1.29, 1.82) is 0 Å². The number of anilines is 1. The van der Waals surface area contributed by atoms with Crippen molar-refractivity contribution in [2.24, 2.45) is 0 Å². The fourth-order valence-electron chi connectivity index (χ4n) is 1.70. The molecule has 0 fully saturated rings. The number of carbonyl (C=O) groups excluding carboxylic acids is 1. The maximum Gasteiger partial charge on any atom is 0.226 e. The van der Waals surface area contributed by atoms with Crippen molar-refractivity contribution in [3.8, 4) is 0 Å². The van der Waals surface area contributed by atoms with Crippen LogP contribution in [0.25, 0.3) is 6.08 Å². The van der Waals surface area contributed by atoms with E-state index in [1.165, 1.54) is 5.56 Å². The van der Waals surface area contributed by atoms with Gasteiger partial charge in [-0.3, -0.25) is 4.79 Å². The van der Waals surface area contributed by atoms with Gasteiger partial charge in [0, 0.05) is 24.0 Å². The Morgan fingerprint density at radius 2 is 2.19 bits per heavy atom. The molecule has 0 aliphatic carbocycles. The van der Waals surface area contributed by atoms with E-state index in [0.717, 1.165) is 11.5 Å². The molecule has 1 aromatic carbocycles. The number of nitrogens with one attached hydrogen (secondary N) is 1. The van der Waals surface area contributed by atoms with Crippen LogP contribution >= 0.6 is 11.8 Å². The Morgan fingerprint density at radius 1 is 1.38 bits per heavy atom. The van der Waals surface area contributed by atoms with Gasteiger partial charge in [0.15, 0.2) is 5.82 Å². The summed E-state index contributed by atoms with van der Waals surface area (Å²) in [5.74, 6) is 2.80. The lowest BCUT2D eigenvalue weighted by Crippen LogP contribution is -2.12. The van der Waals surface area contributed by atoms with Crippen LogP contribution < -0.4 is 5.32 Å². The minimum absolute atomic E-state index is 0.0390. The fraction of sp³-hybridized carbons (Fsp3) is 0.250. The molecule has 0 aliphatic rings. The molecule has 0 unspecified atom stereocenters. The van der Waals surface area contributed by atoms with E-state index in [9.17, 15) is 4.79 Å². The molecule has 1 N–H and O–H groups in total. The Kier molecular flexibility index (Phi) is 6.09. The summed E-state index contributed by atoms with van der Waals surface area (Å²) in [5, 5.41) is 6.43. The number of aromatic nitrogens is 1. The molecule has 0 aliphatic heterocycles. The molecular formula is C16H18N2O2S. The molecule has 21 heavy (non-hydrogen) atoms.